The van der Waals surface area contributed by atoms with E-state index in [4.69, 9.17) is 4.18 Å². The van der Waals surface area contributed by atoms with Crippen LogP contribution in [0.5, 0.6) is 5.75 Å². The minimum atomic E-state index is -2.86. The second-order valence-corrected chi connectivity index (χ2v) is 11.9. The van der Waals surface area contributed by atoms with Gasteiger partial charge in [0.2, 0.25) is 0 Å². The fraction of sp³-hybridized carbons (Fsp3) is 0.162. The quantitative estimate of drug-likeness (QED) is 0.0378. The topological polar surface area (TPSA) is 97.1 Å². The van der Waals surface area contributed by atoms with E-state index in [2.05, 4.69) is 75.2 Å². The van der Waals surface area contributed by atoms with Crippen molar-refractivity contribution in [3.05, 3.63) is 155 Å². The van der Waals surface area contributed by atoms with Gasteiger partial charge in [0.1, 0.15) is 29.4 Å². The van der Waals surface area contributed by atoms with Gasteiger partial charge in [0, 0.05) is 29.2 Å². The molecule has 8 nitrogen and oxygen atoms in total. The van der Waals surface area contributed by atoms with E-state index in [9.17, 15) is 14.0 Å². The van der Waals surface area contributed by atoms with Crippen LogP contribution in [0.25, 0.3) is 5.57 Å². The van der Waals surface area contributed by atoms with Gasteiger partial charge in [-0.25, -0.2) is 4.21 Å². The summed E-state index contributed by atoms with van der Waals surface area (Å²) in [6.45, 7) is 7.37. The molecule has 0 radical (unpaired) electrons. The molecule has 0 aromatic heterocycles. The van der Waals surface area contributed by atoms with Gasteiger partial charge >= 0.3 is 29.6 Å². The van der Waals surface area contributed by atoms with Crippen molar-refractivity contribution in [2.24, 2.45) is 0 Å². The van der Waals surface area contributed by atoms with Crippen molar-refractivity contribution < 1.29 is 61.7 Å². The van der Waals surface area contributed by atoms with Crippen LogP contribution in [-0.4, -0.2) is 32.1 Å². The molecule has 11 heteroatoms. The first kappa shape index (κ1) is 37.5. The van der Waals surface area contributed by atoms with Crippen molar-refractivity contribution in [3.63, 3.8) is 0 Å². The SMILES string of the molecule is CCN(Cc1ccccc1)c1ccc(/C(=C2/[C-]=CC(=[N+](CC)Cc3ccccc3)C=C2)c2ccc(SOO[O-])cc2OS(=O)[O-])cc1.[Na+]. The number of allylic oxidation sites excluding steroid dienone is 5. The van der Waals surface area contributed by atoms with E-state index in [0.29, 0.717) is 22.5 Å². The van der Waals surface area contributed by atoms with Gasteiger partial charge in [-0.2, -0.15) is 4.33 Å². The molecule has 1 aliphatic rings. The number of rotatable bonds is 14. The molecule has 1 aliphatic carbocycles. The minimum Gasteiger partial charge on any atom is -0.740 e. The van der Waals surface area contributed by atoms with Crippen molar-refractivity contribution in [1.29, 1.82) is 0 Å². The Morgan fingerprint density at radius 3 is 2.19 bits per heavy atom. The summed E-state index contributed by atoms with van der Waals surface area (Å²) in [5.74, 6) is 0.0629. The van der Waals surface area contributed by atoms with Crippen molar-refractivity contribution in [2.75, 3.05) is 18.0 Å². The Bertz CT molecular complexity index is 1780. The molecule has 0 saturated heterocycles. The third-order valence-corrected chi connectivity index (χ3v) is 8.57. The summed E-state index contributed by atoms with van der Waals surface area (Å²) in [7, 11) is 0. The van der Waals surface area contributed by atoms with Gasteiger partial charge < -0.3 is 18.9 Å². The van der Waals surface area contributed by atoms with Crippen LogP contribution in [0, 0.1) is 6.08 Å². The molecule has 0 bridgehead atoms. The number of hydrogen-bond acceptors (Lipinski definition) is 8. The molecule has 0 amide bonds. The van der Waals surface area contributed by atoms with Crippen molar-refractivity contribution >= 4 is 40.4 Å². The van der Waals surface area contributed by atoms with Crippen molar-refractivity contribution in [3.8, 4) is 5.75 Å². The smallest absolute Gasteiger partial charge is 0.740 e. The summed E-state index contributed by atoms with van der Waals surface area (Å²) in [5, 5.41) is 13.9. The second-order valence-electron chi connectivity index (χ2n) is 10.5. The summed E-state index contributed by atoms with van der Waals surface area (Å²) in [6, 6.07) is 33.6. The molecule has 1 unspecified atom stereocenters. The van der Waals surface area contributed by atoms with Gasteiger partial charge in [-0.1, -0.05) is 102 Å². The normalized spacial score (nSPS) is 15.0. The molecular weight excluding hydrogens is 656 g/mol. The standard InChI is InChI=1S/C37H36N2O6S2.Na/c1-3-38(26-28-11-7-5-8-12-28)32-19-15-30(16-20-32)37(35-24-23-34(46-45-44-40)25-36(35)43-47(41)42)31-17-21-33(22-18-31)39(4-2)27-29-13-9-6-10-14-29;/h5-17,19-25,40H,3-4,26-27H2,1-2H3,(H,41,42);/q;+1/p-2. The molecule has 242 valence electrons. The molecule has 48 heavy (non-hydrogen) atoms. The Morgan fingerprint density at radius 1 is 0.917 bits per heavy atom. The summed E-state index contributed by atoms with van der Waals surface area (Å²) >= 11 is -2.21. The summed E-state index contributed by atoms with van der Waals surface area (Å²) < 4.78 is 35.5. The number of anilines is 1. The van der Waals surface area contributed by atoms with Gasteiger partial charge in [-0.3, -0.25) is 9.61 Å². The summed E-state index contributed by atoms with van der Waals surface area (Å²) in [5.41, 5.74) is 7.30. The number of nitrogens with zero attached hydrogens (tertiary/aromatic N) is 2. The first-order valence-electron chi connectivity index (χ1n) is 15.1. The zero-order chi connectivity index (χ0) is 33.0. The molecule has 4 aromatic rings. The molecule has 0 N–H and O–H groups in total. The molecule has 0 fully saturated rings. The summed E-state index contributed by atoms with van der Waals surface area (Å²) in [4.78, 5) is 2.70. The average Bonchev–Trinajstić information content (AvgIpc) is 3.11. The number of hydrogen-bond donors (Lipinski definition) is 0. The van der Waals surface area contributed by atoms with E-state index < -0.39 is 11.4 Å². The van der Waals surface area contributed by atoms with Gasteiger partial charge in [0.25, 0.3) is 0 Å². The predicted octanol–water partition coefficient (Wildman–Crippen LogP) is 3.53. The maximum atomic E-state index is 11.8. The van der Waals surface area contributed by atoms with Crippen LogP contribution in [0.3, 0.4) is 0 Å². The van der Waals surface area contributed by atoms with E-state index in [0.717, 1.165) is 54.3 Å². The van der Waals surface area contributed by atoms with Gasteiger partial charge in [0.05, 0.1) is 12.0 Å². The predicted molar refractivity (Wildman–Crippen MR) is 183 cm³/mol. The molecule has 1 atom stereocenters. The molecule has 0 saturated carbocycles. The Labute approximate surface area is 310 Å². The molecule has 5 rings (SSSR count). The first-order chi connectivity index (χ1) is 23.0. The average molecular weight is 690 g/mol. The van der Waals surface area contributed by atoms with E-state index in [1.807, 2.05) is 66.8 Å². The third-order valence-electron chi connectivity index (χ3n) is 7.69. The zero-order valence-corrected chi connectivity index (χ0v) is 30.7. The molecule has 4 aromatic carbocycles. The zero-order valence-electron chi connectivity index (χ0n) is 27.0. The third kappa shape index (κ3) is 10.1. The fourth-order valence-electron chi connectivity index (χ4n) is 5.40. The van der Waals surface area contributed by atoms with Crippen molar-refractivity contribution in [2.45, 2.75) is 31.8 Å². The van der Waals surface area contributed by atoms with Gasteiger partial charge in [-0.05, 0) is 49.2 Å². The minimum absolute atomic E-state index is 0. The van der Waals surface area contributed by atoms with Crippen molar-refractivity contribution in [1.82, 2.24) is 0 Å². The van der Waals surface area contributed by atoms with E-state index >= 15 is 0 Å². The fourth-order valence-corrected chi connectivity index (χ4v) is 6.07. The Kier molecular flexibility index (Phi) is 14.9. The molecular formula is C37H34N2NaO6S2-. The monoisotopic (exact) mass is 689 g/mol. The van der Waals surface area contributed by atoms with Crippen LogP contribution in [0.2, 0.25) is 0 Å². The second kappa shape index (κ2) is 19.0. The maximum absolute atomic E-state index is 11.8. The van der Waals surface area contributed by atoms with Gasteiger partial charge in [-0.15, -0.1) is 17.7 Å². The van der Waals surface area contributed by atoms with Gasteiger partial charge in [0.15, 0.2) is 6.54 Å². The van der Waals surface area contributed by atoms with E-state index in [1.165, 1.54) is 17.2 Å². The maximum Gasteiger partial charge on any atom is 1.00 e. The van der Waals surface area contributed by atoms with E-state index in [-0.39, 0.29) is 35.3 Å². The van der Waals surface area contributed by atoms with Crippen LogP contribution in [-0.2, 0) is 33.8 Å². The van der Waals surface area contributed by atoms with Crippen LogP contribution in [0.4, 0.5) is 5.69 Å². The van der Waals surface area contributed by atoms with Crippen LogP contribution in [0.1, 0.15) is 36.1 Å². The molecule has 0 spiro atoms. The number of benzene rings is 4. The molecule has 0 aliphatic heterocycles. The first-order valence-corrected chi connectivity index (χ1v) is 16.9. The summed E-state index contributed by atoms with van der Waals surface area (Å²) in [6.07, 6.45) is 9.43. The largest absolute Gasteiger partial charge is 1.00 e. The van der Waals surface area contributed by atoms with Crippen LogP contribution in [0.15, 0.2) is 132 Å². The molecule has 0 heterocycles. The van der Waals surface area contributed by atoms with Crippen LogP contribution >= 0.6 is 12.0 Å². The van der Waals surface area contributed by atoms with Crippen LogP contribution < -0.4 is 43.9 Å². The van der Waals surface area contributed by atoms with E-state index in [1.54, 1.807) is 12.1 Å². The Morgan fingerprint density at radius 2 is 1.60 bits per heavy atom. The Balaban J connectivity index is 0.00000520. The Hall–Kier alpha value is -3.29.